The molecule has 4 rings (SSSR count). The second-order valence-corrected chi connectivity index (χ2v) is 7.57. The molecular weight excluding hydrogens is 418 g/mol. The number of benzene rings is 2. The minimum Gasteiger partial charge on any atom is -0.492 e. The van der Waals surface area contributed by atoms with Crippen LogP contribution < -0.4 is 15.4 Å². The molecule has 3 aromatic rings. The number of fused-ring (bicyclic) bond motifs is 1. The predicted molar refractivity (Wildman–Crippen MR) is 117 cm³/mol. The first kappa shape index (κ1) is 20.9. The van der Waals surface area contributed by atoms with Crippen molar-refractivity contribution in [1.82, 2.24) is 10.3 Å². The first-order valence-electron chi connectivity index (χ1n) is 10.1. The summed E-state index contributed by atoms with van der Waals surface area (Å²) in [4.78, 5) is 27.7. The Morgan fingerprint density at radius 3 is 2.97 bits per heavy atom. The van der Waals surface area contributed by atoms with Crippen molar-refractivity contribution in [1.29, 1.82) is 0 Å². The molecule has 1 aliphatic rings. The Morgan fingerprint density at radius 2 is 2.10 bits per heavy atom. The van der Waals surface area contributed by atoms with Crippen molar-refractivity contribution in [2.45, 2.75) is 25.7 Å². The van der Waals surface area contributed by atoms with E-state index in [1.165, 1.54) is 0 Å². The highest BCUT2D eigenvalue weighted by atomic mass is 35.5. The van der Waals surface area contributed by atoms with E-state index in [1.54, 1.807) is 12.3 Å². The number of hydrogen-bond acceptors (Lipinski definition) is 5. The Kier molecular flexibility index (Phi) is 6.52. The monoisotopic (exact) mass is 439 g/mol. The molecule has 8 heteroatoms. The van der Waals surface area contributed by atoms with Gasteiger partial charge in [-0.3, -0.25) is 9.59 Å². The maximum atomic E-state index is 12.1. The number of amides is 2. The van der Waals surface area contributed by atoms with Crippen LogP contribution in [0.2, 0.25) is 5.02 Å². The molecule has 0 bridgehead atoms. The first-order chi connectivity index (χ1) is 15.1. The van der Waals surface area contributed by atoms with E-state index in [0.29, 0.717) is 49.1 Å². The third-order valence-electron chi connectivity index (χ3n) is 4.92. The lowest BCUT2D eigenvalue weighted by atomic mass is 10.0. The zero-order valence-corrected chi connectivity index (χ0v) is 17.6. The fourth-order valence-electron chi connectivity index (χ4n) is 3.33. The number of aromatic nitrogens is 1. The van der Waals surface area contributed by atoms with Crippen LogP contribution in [-0.4, -0.2) is 29.9 Å². The normalized spacial score (nSPS) is 12.7. The molecule has 160 valence electrons. The van der Waals surface area contributed by atoms with Crippen LogP contribution in [0.1, 0.15) is 24.3 Å². The number of nitrogens with one attached hydrogen (secondary N) is 2. The van der Waals surface area contributed by atoms with E-state index >= 15 is 0 Å². The molecule has 0 unspecified atom stereocenters. The third kappa shape index (κ3) is 5.44. The molecule has 2 amide bonds. The van der Waals surface area contributed by atoms with Crippen LogP contribution in [0.15, 0.2) is 53.1 Å². The van der Waals surface area contributed by atoms with Gasteiger partial charge in [0.1, 0.15) is 12.4 Å². The standard InChI is InChI=1S/C23H22ClN3O4/c24-18-4-2-1-3-17(18)20-14-26-23(31-20)10-9-21(28)25-11-12-30-16-6-7-19-15(13-16)5-8-22(29)27-19/h1-4,6-7,13-14H,5,8-12H2,(H,25,28)(H,27,29). The van der Waals surface area contributed by atoms with Gasteiger partial charge < -0.3 is 19.8 Å². The summed E-state index contributed by atoms with van der Waals surface area (Å²) in [5.41, 5.74) is 2.67. The van der Waals surface area contributed by atoms with E-state index in [0.717, 1.165) is 22.6 Å². The van der Waals surface area contributed by atoms with Gasteiger partial charge >= 0.3 is 0 Å². The quantitative estimate of drug-likeness (QED) is 0.517. The molecule has 0 radical (unpaired) electrons. The van der Waals surface area contributed by atoms with Crippen LogP contribution in [0, 0.1) is 0 Å². The van der Waals surface area contributed by atoms with Crippen LogP contribution >= 0.6 is 11.6 Å². The molecule has 0 saturated carbocycles. The molecule has 31 heavy (non-hydrogen) atoms. The smallest absolute Gasteiger partial charge is 0.224 e. The van der Waals surface area contributed by atoms with Gasteiger partial charge in [0, 0.05) is 30.5 Å². The number of ether oxygens (including phenoxy) is 1. The number of oxazole rings is 1. The van der Waals surface area contributed by atoms with Crippen molar-refractivity contribution in [3.8, 4) is 17.1 Å². The molecule has 1 aromatic heterocycles. The minimum atomic E-state index is -0.103. The van der Waals surface area contributed by atoms with Crippen LogP contribution in [0.3, 0.4) is 0 Å². The van der Waals surface area contributed by atoms with Gasteiger partial charge in [-0.2, -0.15) is 0 Å². The van der Waals surface area contributed by atoms with Crippen molar-refractivity contribution < 1.29 is 18.7 Å². The lowest BCUT2D eigenvalue weighted by Crippen LogP contribution is -2.28. The van der Waals surface area contributed by atoms with Crippen molar-refractivity contribution in [3.63, 3.8) is 0 Å². The van der Waals surface area contributed by atoms with E-state index in [9.17, 15) is 9.59 Å². The second-order valence-electron chi connectivity index (χ2n) is 7.16. The molecular formula is C23H22ClN3O4. The maximum Gasteiger partial charge on any atom is 0.224 e. The summed E-state index contributed by atoms with van der Waals surface area (Å²) in [6.45, 7) is 0.746. The Labute approximate surface area is 184 Å². The van der Waals surface area contributed by atoms with Gasteiger partial charge in [-0.25, -0.2) is 4.98 Å². The minimum absolute atomic E-state index is 0.0358. The Hall–Kier alpha value is -3.32. The van der Waals surface area contributed by atoms with Gasteiger partial charge in [-0.1, -0.05) is 23.7 Å². The molecule has 1 aliphatic heterocycles. The van der Waals surface area contributed by atoms with Gasteiger partial charge in [-0.05, 0) is 42.3 Å². The number of rotatable bonds is 8. The number of carbonyl (C=O) groups excluding carboxylic acids is 2. The molecule has 2 heterocycles. The largest absolute Gasteiger partial charge is 0.492 e. The zero-order chi connectivity index (χ0) is 21.6. The number of carbonyl (C=O) groups is 2. The van der Waals surface area contributed by atoms with E-state index in [2.05, 4.69) is 15.6 Å². The lowest BCUT2D eigenvalue weighted by Gasteiger charge is -2.17. The lowest BCUT2D eigenvalue weighted by molar-refractivity contribution is -0.121. The average molecular weight is 440 g/mol. The SMILES string of the molecule is O=C(CCc1ncc(-c2ccccc2Cl)o1)NCCOc1ccc2c(c1)CCC(=O)N2. The number of hydrogen-bond donors (Lipinski definition) is 2. The van der Waals surface area contributed by atoms with Crippen LogP contribution in [0.4, 0.5) is 5.69 Å². The van der Waals surface area contributed by atoms with Crippen molar-refractivity contribution in [2.24, 2.45) is 0 Å². The highest BCUT2D eigenvalue weighted by molar-refractivity contribution is 6.33. The molecule has 0 aliphatic carbocycles. The van der Waals surface area contributed by atoms with Crippen molar-refractivity contribution >= 4 is 29.1 Å². The average Bonchev–Trinajstić information content (AvgIpc) is 3.24. The molecule has 2 aromatic carbocycles. The topological polar surface area (TPSA) is 93.5 Å². The summed E-state index contributed by atoms with van der Waals surface area (Å²) >= 11 is 6.17. The Balaban J connectivity index is 1.18. The third-order valence-corrected chi connectivity index (χ3v) is 5.25. The molecule has 0 atom stereocenters. The summed E-state index contributed by atoms with van der Waals surface area (Å²) < 4.78 is 11.4. The van der Waals surface area contributed by atoms with Gasteiger partial charge in [0.15, 0.2) is 11.7 Å². The summed E-state index contributed by atoms with van der Waals surface area (Å²) in [5, 5.41) is 6.26. The zero-order valence-electron chi connectivity index (χ0n) is 16.8. The van der Waals surface area contributed by atoms with E-state index in [-0.39, 0.29) is 18.2 Å². The maximum absolute atomic E-state index is 12.1. The molecule has 2 N–H and O–H groups in total. The molecule has 0 saturated heterocycles. The van der Waals surface area contributed by atoms with E-state index < -0.39 is 0 Å². The summed E-state index contributed by atoms with van der Waals surface area (Å²) in [7, 11) is 0. The van der Waals surface area contributed by atoms with Crippen LogP contribution in [0.25, 0.3) is 11.3 Å². The van der Waals surface area contributed by atoms with Crippen molar-refractivity contribution in [2.75, 3.05) is 18.5 Å². The van der Waals surface area contributed by atoms with E-state index in [1.807, 2.05) is 36.4 Å². The molecule has 0 spiro atoms. The van der Waals surface area contributed by atoms with Crippen molar-refractivity contribution in [3.05, 3.63) is 65.1 Å². The number of nitrogens with zero attached hydrogens (tertiary/aromatic N) is 1. The fraction of sp³-hybridized carbons (Fsp3) is 0.261. The first-order valence-corrected chi connectivity index (χ1v) is 10.5. The van der Waals surface area contributed by atoms with E-state index in [4.69, 9.17) is 20.8 Å². The Bertz CT molecular complexity index is 1100. The van der Waals surface area contributed by atoms with Gasteiger partial charge in [-0.15, -0.1) is 0 Å². The number of halogens is 1. The summed E-state index contributed by atoms with van der Waals surface area (Å²) in [5.74, 6) is 1.72. The highest BCUT2D eigenvalue weighted by Gasteiger charge is 2.15. The highest BCUT2D eigenvalue weighted by Crippen LogP contribution is 2.28. The predicted octanol–water partition coefficient (Wildman–Crippen LogP) is 4.01. The second kappa shape index (κ2) is 9.66. The van der Waals surface area contributed by atoms with Gasteiger partial charge in [0.2, 0.25) is 11.8 Å². The summed E-state index contributed by atoms with van der Waals surface area (Å²) in [6.07, 6.45) is 3.46. The number of aryl methyl sites for hydroxylation is 2. The molecule has 0 fully saturated rings. The fourth-order valence-corrected chi connectivity index (χ4v) is 3.56. The Morgan fingerprint density at radius 1 is 1.23 bits per heavy atom. The molecule has 7 nitrogen and oxygen atoms in total. The van der Waals surface area contributed by atoms with Crippen LogP contribution in [0.5, 0.6) is 5.75 Å². The number of anilines is 1. The summed E-state index contributed by atoms with van der Waals surface area (Å²) in [6, 6.07) is 13.0. The van der Waals surface area contributed by atoms with Gasteiger partial charge in [0.05, 0.1) is 17.8 Å². The van der Waals surface area contributed by atoms with Gasteiger partial charge in [0.25, 0.3) is 0 Å². The van der Waals surface area contributed by atoms with Crippen LogP contribution in [-0.2, 0) is 22.4 Å².